The van der Waals surface area contributed by atoms with Crippen molar-refractivity contribution in [3.8, 4) is 6.07 Å². The fourth-order valence-corrected chi connectivity index (χ4v) is 5.74. The van der Waals surface area contributed by atoms with Crippen LogP contribution in [0.25, 0.3) is 17.1 Å². The zero-order chi connectivity index (χ0) is 29.3. The van der Waals surface area contributed by atoms with Crippen LogP contribution in [0.5, 0.6) is 0 Å². The van der Waals surface area contributed by atoms with Crippen molar-refractivity contribution in [3.63, 3.8) is 0 Å². The third-order valence-corrected chi connectivity index (χ3v) is 7.50. The molecular formula is C33H32F2N4O2. The largest absolute Gasteiger partial charge is 0.375 e. The number of carbonyl (C=O) groups is 1. The summed E-state index contributed by atoms with van der Waals surface area (Å²) in [4.78, 5) is 17.9. The SMILES string of the molecule is Cc1cc(C)c2c(C#N)c(/C=C/C(=O)NC3CCOC(C)(C)C3)n(C(c3ccc(F)cc3)c3ccc(F)cc3)c2n1. The Morgan fingerprint density at radius 2 is 1.73 bits per heavy atom. The van der Waals surface area contributed by atoms with Gasteiger partial charge in [0.1, 0.15) is 23.4 Å². The normalized spacial score (nSPS) is 16.8. The van der Waals surface area contributed by atoms with Gasteiger partial charge in [-0.25, -0.2) is 13.8 Å². The number of hydrogen-bond donors (Lipinski definition) is 1. The number of pyridine rings is 1. The van der Waals surface area contributed by atoms with Crippen LogP contribution in [0.15, 0.2) is 60.7 Å². The lowest BCUT2D eigenvalue weighted by atomic mass is 9.94. The summed E-state index contributed by atoms with van der Waals surface area (Å²) in [7, 11) is 0. The summed E-state index contributed by atoms with van der Waals surface area (Å²) in [5, 5.41) is 14.1. The van der Waals surface area contributed by atoms with Gasteiger partial charge in [-0.1, -0.05) is 24.3 Å². The molecule has 4 aromatic rings. The van der Waals surface area contributed by atoms with E-state index in [2.05, 4.69) is 11.4 Å². The zero-order valence-corrected chi connectivity index (χ0v) is 23.5. The average molecular weight is 555 g/mol. The van der Waals surface area contributed by atoms with Gasteiger partial charge in [-0.2, -0.15) is 5.26 Å². The van der Waals surface area contributed by atoms with Crippen LogP contribution in [-0.4, -0.2) is 33.7 Å². The lowest BCUT2D eigenvalue weighted by Gasteiger charge is -2.35. The first-order valence-corrected chi connectivity index (χ1v) is 13.6. The lowest BCUT2D eigenvalue weighted by Crippen LogP contribution is -2.45. The van der Waals surface area contributed by atoms with Crippen molar-refractivity contribution in [3.05, 3.63) is 106 Å². The zero-order valence-electron chi connectivity index (χ0n) is 23.5. The molecule has 8 heteroatoms. The predicted molar refractivity (Wildman–Crippen MR) is 154 cm³/mol. The van der Waals surface area contributed by atoms with E-state index in [1.807, 2.05) is 38.3 Å². The van der Waals surface area contributed by atoms with Crippen LogP contribution in [-0.2, 0) is 9.53 Å². The molecule has 2 aromatic heterocycles. The Bertz CT molecular complexity index is 1620. The van der Waals surface area contributed by atoms with E-state index in [0.29, 0.717) is 52.9 Å². The van der Waals surface area contributed by atoms with E-state index < -0.39 is 6.04 Å². The minimum atomic E-state index is -0.589. The molecule has 0 spiro atoms. The Morgan fingerprint density at radius 3 is 2.29 bits per heavy atom. The maximum atomic E-state index is 14.0. The smallest absolute Gasteiger partial charge is 0.244 e. The first kappa shape index (κ1) is 28.2. The molecule has 1 N–H and O–H groups in total. The number of amides is 1. The minimum absolute atomic E-state index is 0.0325. The molecule has 210 valence electrons. The molecule has 1 aliphatic heterocycles. The van der Waals surface area contributed by atoms with E-state index in [1.165, 1.54) is 30.3 Å². The summed E-state index contributed by atoms with van der Waals surface area (Å²) in [5.41, 5.74) is 4.12. The second kappa shape index (κ2) is 11.3. The molecular weight excluding hydrogens is 522 g/mol. The third-order valence-electron chi connectivity index (χ3n) is 7.50. The van der Waals surface area contributed by atoms with Crippen molar-refractivity contribution in [2.45, 2.75) is 58.2 Å². The first-order valence-electron chi connectivity index (χ1n) is 13.6. The van der Waals surface area contributed by atoms with E-state index in [-0.39, 0.29) is 29.2 Å². The van der Waals surface area contributed by atoms with Gasteiger partial charge in [0.2, 0.25) is 5.91 Å². The monoisotopic (exact) mass is 554 g/mol. The molecule has 2 aromatic carbocycles. The van der Waals surface area contributed by atoms with Crippen LogP contribution in [0.1, 0.15) is 66.4 Å². The summed E-state index contributed by atoms with van der Waals surface area (Å²) in [6.07, 6.45) is 4.47. The van der Waals surface area contributed by atoms with Crippen LogP contribution < -0.4 is 5.32 Å². The highest BCUT2D eigenvalue weighted by Gasteiger charge is 2.30. The van der Waals surface area contributed by atoms with Crippen LogP contribution in [0.3, 0.4) is 0 Å². The van der Waals surface area contributed by atoms with Crippen LogP contribution >= 0.6 is 0 Å². The van der Waals surface area contributed by atoms with Crippen LogP contribution in [0, 0.1) is 36.8 Å². The topological polar surface area (TPSA) is 79.9 Å². The molecule has 0 bridgehead atoms. The fraction of sp³-hybridized carbons (Fsp3) is 0.303. The Kier molecular flexibility index (Phi) is 7.74. The Hall–Kier alpha value is -4.35. The quantitative estimate of drug-likeness (QED) is 0.275. The van der Waals surface area contributed by atoms with Gasteiger partial charge in [-0.3, -0.25) is 4.79 Å². The van der Waals surface area contributed by atoms with Crippen molar-refractivity contribution < 1.29 is 18.3 Å². The predicted octanol–water partition coefficient (Wildman–Crippen LogP) is 6.53. The molecule has 0 aliphatic carbocycles. The van der Waals surface area contributed by atoms with Gasteiger partial charge in [0.25, 0.3) is 0 Å². The molecule has 1 saturated heterocycles. The molecule has 41 heavy (non-hydrogen) atoms. The second-order valence-electron chi connectivity index (χ2n) is 11.2. The lowest BCUT2D eigenvalue weighted by molar-refractivity contribution is -0.119. The first-order chi connectivity index (χ1) is 19.6. The maximum Gasteiger partial charge on any atom is 0.244 e. The minimum Gasteiger partial charge on any atom is -0.375 e. The standard InChI is InChI=1S/C33H32F2N4O2/c1-20-17-21(2)37-32-30(20)27(19-36)28(13-14-29(40)38-26-15-16-41-33(3,4)18-26)39(32)31(22-5-9-24(34)10-6-22)23-7-11-25(35)12-8-23/h5-14,17,26,31H,15-16,18H2,1-4H3,(H,38,40)/b14-13+. The molecule has 1 atom stereocenters. The van der Waals surface area contributed by atoms with Crippen molar-refractivity contribution in [1.29, 1.82) is 5.26 Å². The number of nitriles is 1. The van der Waals surface area contributed by atoms with Gasteiger partial charge in [-0.15, -0.1) is 0 Å². The Labute approximate surface area is 238 Å². The number of hydrogen-bond acceptors (Lipinski definition) is 4. The highest BCUT2D eigenvalue weighted by atomic mass is 19.1. The molecule has 6 nitrogen and oxygen atoms in total. The molecule has 1 fully saturated rings. The van der Waals surface area contributed by atoms with E-state index in [0.717, 1.165) is 11.3 Å². The summed E-state index contributed by atoms with van der Waals surface area (Å²) in [6, 6.07) is 15.7. The number of aromatic nitrogens is 2. The van der Waals surface area contributed by atoms with Gasteiger partial charge in [0.05, 0.1) is 22.9 Å². The Morgan fingerprint density at radius 1 is 1.12 bits per heavy atom. The number of nitrogens with one attached hydrogen (secondary N) is 1. The number of rotatable bonds is 6. The number of ether oxygens (including phenoxy) is 1. The van der Waals surface area contributed by atoms with E-state index in [9.17, 15) is 18.8 Å². The van der Waals surface area contributed by atoms with Crippen LogP contribution in [0.2, 0.25) is 0 Å². The number of benzene rings is 2. The summed E-state index contributed by atoms with van der Waals surface area (Å²) in [5.74, 6) is -1.06. The second-order valence-corrected chi connectivity index (χ2v) is 11.2. The maximum absolute atomic E-state index is 14.0. The number of nitrogens with zero attached hydrogens (tertiary/aromatic N) is 3. The number of carbonyl (C=O) groups excluding carboxylic acids is 1. The number of halogens is 2. The van der Waals surface area contributed by atoms with Crippen molar-refractivity contribution in [2.75, 3.05) is 6.61 Å². The molecule has 0 radical (unpaired) electrons. The van der Waals surface area contributed by atoms with Gasteiger partial charge in [0, 0.05) is 29.8 Å². The molecule has 1 unspecified atom stereocenters. The molecule has 5 rings (SSSR count). The molecule has 3 heterocycles. The van der Waals surface area contributed by atoms with E-state index in [4.69, 9.17) is 9.72 Å². The Balaban J connectivity index is 1.69. The summed E-state index contributed by atoms with van der Waals surface area (Å²) in [6.45, 7) is 8.36. The van der Waals surface area contributed by atoms with Crippen molar-refractivity contribution >= 4 is 23.0 Å². The molecule has 1 amide bonds. The average Bonchev–Trinajstić information content (AvgIpc) is 3.22. The molecule has 1 aliphatic rings. The number of aryl methyl sites for hydroxylation is 2. The highest BCUT2D eigenvalue weighted by Crippen LogP contribution is 2.37. The van der Waals surface area contributed by atoms with Gasteiger partial charge >= 0.3 is 0 Å². The van der Waals surface area contributed by atoms with Gasteiger partial charge < -0.3 is 14.6 Å². The van der Waals surface area contributed by atoms with Crippen molar-refractivity contribution in [1.82, 2.24) is 14.9 Å². The third kappa shape index (κ3) is 5.91. The van der Waals surface area contributed by atoms with E-state index in [1.54, 1.807) is 30.3 Å². The number of fused-ring (bicyclic) bond motifs is 1. The highest BCUT2D eigenvalue weighted by molar-refractivity contribution is 5.96. The summed E-state index contributed by atoms with van der Waals surface area (Å²) < 4.78 is 35.6. The van der Waals surface area contributed by atoms with Crippen LogP contribution in [0.4, 0.5) is 8.78 Å². The fourth-order valence-electron chi connectivity index (χ4n) is 5.74. The van der Waals surface area contributed by atoms with Gasteiger partial charge in [0.15, 0.2) is 0 Å². The van der Waals surface area contributed by atoms with E-state index >= 15 is 0 Å². The van der Waals surface area contributed by atoms with Crippen molar-refractivity contribution in [2.24, 2.45) is 0 Å². The summed E-state index contributed by atoms with van der Waals surface area (Å²) >= 11 is 0. The molecule has 0 saturated carbocycles. The van der Waals surface area contributed by atoms with Gasteiger partial charge in [-0.05, 0) is 93.6 Å².